The minimum absolute atomic E-state index is 0.0339. The van der Waals surface area contributed by atoms with Gasteiger partial charge in [0.25, 0.3) is 5.91 Å². The van der Waals surface area contributed by atoms with E-state index in [1.54, 1.807) is 0 Å². The highest BCUT2D eigenvalue weighted by atomic mass is 32.2. The van der Waals surface area contributed by atoms with E-state index in [2.05, 4.69) is 20.7 Å². The normalized spacial score (nSPS) is 11.7. The summed E-state index contributed by atoms with van der Waals surface area (Å²) in [5.41, 5.74) is 0.127. The molecule has 1 aromatic rings. The van der Waals surface area contributed by atoms with Crippen LogP contribution in [-0.2, 0) is 10.0 Å². The van der Waals surface area contributed by atoms with Crippen molar-refractivity contribution in [2.45, 2.75) is 0 Å². The maximum Gasteiger partial charge on any atom is 0.273 e. The smallest absolute Gasteiger partial charge is 0.273 e. The monoisotopic (exact) mass is 247 g/mol. The predicted octanol–water partition coefficient (Wildman–Crippen LogP) is -1.57. The van der Waals surface area contributed by atoms with Crippen LogP contribution in [0.15, 0.2) is 6.20 Å². The van der Waals surface area contributed by atoms with E-state index in [9.17, 15) is 13.2 Å². The number of nitrogens with zero attached hydrogens (tertiary/aromatic N) is 3. The van der Waals surface area contributed by atoms with E-state index in [1.165, 1.54) is 20.3 Å². The molecule has 9 heteroatoms. The molecule has 1 amide bonds. The molecular weight excluding hydrogens is 234 g/mol. The number of nitrogens with one attached hydrogen (secondary N) is 2. The second-order valence-corrected chi connectivity index (χ2v) is 5.51. The van der Waals surface area contributed by atoms with E-state index in [4.69, 9.17) is 0 Å². The molecule has 0 aliphatic rings. The number of hydrogen-bond acceptors (Lipinski definition) is 5. The Balaban J connectivity index is 2.40. The summed E-state index contributed by atoms with van der Waals surface area (Å²) in [6.07, 6.45) is 1.26. The zero-order valence-corrected chi connectivity index (χ0v) is 9.78. The van der Waals surface area contributed by atoms with E-state index in [0.717, 1.165) is 4.31 Å². The number of sulfonamides is 1. The van der Waals surface area contributed by atoms with Gasteiger partial charge in [-0.1, -0.05) is 0 Å². The molecule has 0 bridgehead atoms. The Labute approximate surface area is 93.1 Å². The molecule has 0 aliphatic heterocycles. The predicted molar refractivity (Wildman–Crippen MR) is 56.2 cm³/mol. The molecule has 0 atom stereocenters. The third-order valence-electron chi connectivity index (χ3n) is 1.85. The SMILES string of the molecule is CN(C)S(=O)(=O)CCNC(=O)c1cn[nH]n1. The van der Waals surface area contributed by atoms with Crippen LogP contribution in [0.3, 0.4) is 0 Å². The van der Waals surface area contributed by atoms with Crippen LogP contribution in [0.2, 0.25) is 0 Å². The summed E-state index contributed by atoms with van der Waals surface area (Å²) in [6.45, 7) is 0.0339. The molecule has 90 valence electrons. The van der Waals surface area contributed by atoms with E-state index in [-0.39, 0.29) is 18.0 Å². The fourth-order valence-electron chi connectivity index (χ4n) is 0.878. The largest absolute Gasteiger partial charge is 0.350 e. The Hall–Kier alpha value is -1.48. The number of aromatic amines is 1. The van der Waals surface area contributed by atoms with Crippen molar-refractivity contribution >= 4 is 15.9 Å². The molecule has 16 heavy (non-hydrogen) atoms. The van der Waals surface area contributed by atoms with Crippen LogP contribution >= 0.6 is 0 Å². The Morgan fingerprint density at radius 1 is 1.56 bits per heavy atom. The van der Waals surface area contributed by atoms with Gasteiger partial charge in [-0.05, 0) is 0 Å². The van der Waals surface area contributed by atoms with Crippen LogP contribution in [0.4, 0.5) is 0 Å². The first kappa shape index (κ1) is 12.6. The minimum Gasteiger partial charge on any atom is -0.350 e. The van der Waals surface area contributed by atoms with Crippen molar-refractivity contribution in [3.05, 3.63) is 11.9 Å². The standard InChI is InChI=1S/C7H13N5O3S/c1-12(2)16(14,15)4-3-8-7(13)6-5-9-11-10-6/h5H,3-4H2,1-2H3,(H,8,13)(H,9,10,11). The van der Waals surface area contributed by atoms with Gasteiger partial charge in [0.1, 0.15) is 0 Å². The lowest BCUT2D eigenvalue weighted by Gasteiger charge is -2.10. The first-order chi connectivity index (χ1) is 7.43. The minimum atomic E-state index is -3.29. The van der Waals surface area contributed by atoms with Crippen molar-refractivity contribution in [2.24, 2.45) is 0 Å². The maximum absolute atomic E-state index is 11.3. The zero-order chi connectivity index (χ0) is 12.2. The van der Waals surface area contributed by atoms with Crippen LogP contribution in [-0.4, -0.2) is 60.4 Å². The Morgan fingerprint density at radius 3 is 2.75 bits per heavy atom. The zero-order valence-electron chi connectivity index (χ0n) is 8.97. The van der Waals surface area contributed by atoms with Gasteiger partial charge in [0, 0.05) is 20.6 Å². The molecule has 0 spiro atoms. The summed E-state index contributed by atoms with van der Waals surface area (Å²) in [5, 5.41) is 11.7. The summed E-state index contributed by atoms with van der Waals surface area (Å²) in [4.78, 5) is 11.3. The Bertz CT molecular complexity index is 439. The van der Waals surface area contributed by atoms with Crippen LogP contribution < -0.4 is 5.32 Å². The number of rotatable bonds is 5. The molecule has 1 aromatic heterocycles. The molecular formula is C7H13N5O3S. The summed E-state index contributed by atoms with van der Waals surface area (Å²) >= 11 is 0. The van der Waals surface area contributed by atoms with E-state index in [0.29, 0.717) is 0 Å². The van der Waals surface area contributed by atoms with Crippen molar-refractivity contribution in [2.75, 3.05) is 26.4 Å². The first-order valence-electron chi connectivity index (χ1n) is 4.47. The average molecular weight is 247 g/mol. The second kappa shape index (κ2) is 5.03. The van der Waals surface area contributed by atoms with Gasteiger partial charge < -0.3 is 5.32 Å². The van der Waals surface area contributed by atoms with Crippen LogP contribution in [0.25, 0.3) is 0 Å². The molecule has 0 aliphatic carbocycles. The molecule has 2 N–H and O–H groups in total. The van der Waals surface area contributed by atoms with Gasteiger partial charge in [0.05, 0.1) is 11.9 Å². The molecule has 0 unspecified atom stereocenters. The number of aromatic nitrogens is 3. The van der Waals surface area contributed by atoms with Gasteiger partial charge in [0.15, 0.2) is 5.69 Å². The Kier molecular flexibility index (Phi) is 3.96. The molecule has 0 radical (unpaired) electrons. The van der Waals surface area contributed by atoms with Crippen molar-refractivity contribution in [3.8, 4) is 0 Å². The highest BCUT2D eigenvalue weighted by Gasteiger charge is 2.14. The van der Waals surface area contributed by atoms with Crippen molar-refractivity contribution in [1.82, 2.24) is 25.0 Å². The quantitative estimate of drug-likeness (QED) is 0.653. The van der Waals surface area contributed by atoms with Crippen molar-refractivity contribution in [1.29, 1.82) is 0 Å². The van der Waals surface area contributed by atoms with Gasteiger partial charge in [0.2, 0.25) is 10.0 Å². The first-order valence-corrected chi connectivity index (χ1v) is 6.08. The number of H-pyrrole nitrogens is 1. The number of hydrogen-bond donors (Lipinski definition) is 2. The van der Waals surface area contributed by atoms with Gasteiger partial charge in [-0.25, -0.2) is 12.7 Å². The van der Waals surface area contributed by atoms with E-state index in [1.807, 2.05) is 0 Å². The Morgan fingerprint density at radius 2 is 2.25 bits per heavy atom. The van der Waals surface area contributed by atoms with Crippen LogP contribution in [0.5, 0.6) is 0 Å². The molecule has 1 rings (SSSR count). The summed E-state index contributed by atoms with van der Waals surface area (Å²) in [7, 11) is -0.409. The fourth-order valence-corrected chi connectivity index (χ4v) is 1.60. The van der Waals surface area contributed by atoms with Gasteiger partial charge >= 0.3 is 0 Å². The summed E-state index contributed by atoms with van der Waals surface area (Å²) < 4.78 is 23.8. The van der Waals surface area contributed by atoms with E-state index < -0.39 is 15.9 Å². The third kappa shape index (κ3) is 3.28. The third-order valence-corrected chi connectivity index (χ3v) is 3.68. The van der Waals surface area contributed by atoms with Gasteiger partial charge in [-0.3, -0.25) is 4.79 Å². The molecule has 0 fully saturated rings. The molecule has 1 heterocycles. The molecule has 0 aromatic carbocycles. The highest BCUT2D eigenvalue weighted by molar-refractivity contribution is 7.89. The maximum atomic E-state index is 11.3. The lowest BCUT2D eigenvalue weighted by Crippen LogP contribution is -2.34. The second-order valence-electron chi connectivity index (χ2n) is 3.21. The lowest BCUT2D eigenvalue weighted by molar-refractivity contribution is 0.0951. The lowest BCUT2D eigenvalue weighted by atomic mass is 10.4. The summed E-state index contributed by atoms with van der Waals surface area (Å²) in [5.74, 6) is -0.605. The van der Waals surface area contributed by atoms with Crippen molar-refractivity contribution in [3.63, 3.8) is 0 Å². The number of carbonyl (C=O) groups is 1. The number of amides is 1. The molecule has 0 saturated heterocycles. The molecule has 0 saturated carbocycles. The van der Waals surface area contributed by atoms with Gasteiger partial charge in [-0.15, -0.1) is 0 Å². The van der Waals surface area contributed by atoms with Crippen LogP contribution in [0.1, 0.15) is 10.5 Å². The fraction of sp³-hybridized carbons (Fsp3) is 0.571. The number of carbonyl (C=O) groups excluding carboxylic acids is 1. The van der Waals surface area contributed by atoms with Crippen LogP contribution in [0, 0.1) is 0 Å². The molecule has 8 nitrogen and oxygen atoms in total. The van der Waals surface area contributed by atoms with Crippen molar-refractivity contribution < 1.29 is 13.2 Å². The van der Waals surface area contributed by atoms with Gasteiger partial charge in [-0.2, -0.15) is 15.4 Å². The average Bonchev–Trinajstić information content (AvgIpc) is 2.69. The van der Waals surface area contributed by atoms with E-state index >= 15 is 0 Å². The topological polar surface area (TPSA) is 108 Å². The summed E-state index contributed by atoms with van der Waals surface area (Å²) in [6, 6.07) is 0. The highest BCUT2D eigenvalue weighted by Crippen LogP contribution is 1.93.